The van der Waals surface area contributed by atoms with Crippen molar-refractivity contribution in [1.82, 2.24) is 49.1 Å². The van der Waals surface area contributed by atoms with E-state index in [9.17, 15) is 24.0 Å². The number of hydrogen-bond acceptors (Lipinski definition) is 10. The van der Waals surface area contributed by atoms with Crippen molar-refractivity contribution in [1.29, 1.82) is 0 Å². The number of aryl methyl sites for hydroxylation is 1. The van der Waals surface area contributed by atoms with Gasteiger partial charge < -0.3 is 24.4 Å². The number of piperazine rings is 1. The normalized spacial score (nSPS) is 17.6. The number of anilines is 1. The number of hydrogen-bond donors (Lipinski definition) is 2. The highest BCUT2D eigenvalue weighted by atomic mass is 19.1. The maximum atomic E-state index is 16.8. The van der Waals surface area contributed by atoms with Crippen LogP contribution in [0.3, 0.4) is 0 Å². The summed E-state index contributed by atoms with van der Waals surface area (Å²) < 4.78 is 27.7. The van der Waals surface area contributed by atoms with Crippen LogP contribution in [0.5, 0.6) is 5.75 Å². The highest BCUT2D eigenvalue weighted by Gasteiger charge is 2.32. The molecule has 3 aromatic heterocycles. The first-order valence-electron chi connectivity index (χ1n) is 22.4. The number of H-pyrrole nitrogens is 1. The van der Waals surface area contributed by atoms with Gasteiger partial charge in [-0.15, -0.1) is 5.10 Å². The van der Waals surface area contributed by atoms with Gasteiger partial charge in [0.2, 0.25) is 17.7 Å². The number of aromatic nitrogens is 6. The molecule has 6 heterocycles. The van der Waals surface area contributed by atoms with Crippen LogP contribution in [-0.2, 0) is 34.4 Å². The Bertz CT molecular complexity index is 2960. The van der Waals surface area contributed by atoms with E-state index < -0.39 is 17.8 Å². The van der Waals surface area contributed by atoms with Gasteiger partial charge in [-0.2, -0.15) is 0 Å². The Labute approximate surface area is 380 Å². The molecule has 2 fully saturated rings. The molecule has 3 aromatic carbocycles. The number of fused-ring (bicyclic) bond motifs is 2. The van der Waals surface area contributed by atoms with Crippen molar-refractivity contribution in [2.45, 2.75) is 45.2 Å². The highest BCUT2D eigenvalue weighted by molar-refractivity contribution is 6.05. The molecule has 0 saturated carbocycles. The maximum Gasteiger partial charge on any atom is 0.329 e. The number of amides is 4. The fraction of sp³-hybridized carbons (Fsp3) is 0.396. The number of aromatic amines is 1. The van der Waals surface area contributed by atoms with Crippen LogP contribution in [0.15, 0.2) is 71.8 Å². The molecule has 0 radical (unpaired) electrons. The van der Waals surface area contributed by atoms with E-state index in [1.807, 2.05) is 55.5 Å². The molecule has 0 spiro atoms. The van der Waals surface area contributed by atoms with Crippen molar-refractivity contribution in [3.8, 4) is 16.9 Å². The molecule has 2 atom stereocenters. The number of benzene rings is 3. The summed E-state index contributed by atoms with van der Waals surface area (Å²) in [5, 5.41) is 10.8. The fourth-order valence-corrected chi connectivity index (χ4v) is 9.76. The average Bonchev–Trinajstić information content (AvgIpc) is 4.07. The largest absolute Gasteiger partial charge is 0.496 e. The van der Waals surface area contributed by atoms with Gasteiger partial charge in [0.1, 0.15) is 17.5 Å². The SMILES string of the molecule is COc1cc(N2CCN(CCc3cccc4c3n(C)c(=O)n4C3CCC(=O)NC3=O)CC2)ccc1-c1cc(C2=CCCN(C(=O)[C@@H](C)Cn3ccnn3)C2)c(F)c2[nH]c(C(=O)N(C)C)cc12. The number of imidazole rings is 1. The van der Waals surface area contributed by atoms with Crippen LogP contribution in [0.25, 0.3) is 38.6 Å². The van der Waals surface area contributed by atoms with Gasteiger partial charge >= 0.3 is 5.69 Å². The van der Waals surface area contributed by atoms with Crippen LogP contribution in [-0.4, -0.2) is 134 Å². The standard InChI is InChI=1S/C48H54FN11O6/c1-29(27-59-19-16-50-53-59)46(63)58-17-7-9-31(28-58)34-25-35(36-26-37(47(64)54(2)3)51-43(36)42(34)49)33-12-11-32(24-40(33)66-5)57-22-20-56(21-23-57)18-15-30-8-6-10-38-44(30)55(4)48(65)60(38)39-13-14-41(61)52-45(39)62/h6,8-12,16,19,24-26,29,39,51H,7,13-15,17-18,20-23,27-28H2,1-5H3,(H,52,61,62)/t29-,39?/m0/s1. The molecule has 3 aliphatic heterocycles. The molecule has 2 N–H and O–H groups in total. The maximum absolute atomic E-state index is 16.8. The van der Waals surface area contributed by atoms with E-state index >= 15 is 4.39 Å². The molecule has 17 nitrogen and oxygen atoms in total. The summed E-state index contributed by atoms with van der Waals surface area (Å²) >= 11 is 0. The van der Waals surface area contributed by atoms with E-state index in [1.165, 1.54) is 9.47 Å². The van der Waals surface area contributed by atoms with Crippen molar-refractivity contribution in [2.24, 2.45) is 13.0 Å². The number of rotatable bonds is 12. The van der Waals surface area contributed by atoms with E-state index in [4.69, 9.17) is 4.74 Å². The zero-order chi connectivity index (χ0) is 46.4. The van der Waals surface area contributed by atoms with Gasteiger partial charge in [-0.05, 0) is 66.3 Å². The number of halogens is 1. The predicted molar refractivity (Wildman–Crippen MR) is 248 cm³/mol. The summed E-state index contributed by atoms with van der Waals surface area (Å²) in [5.41, 5.74) is 6.08. The average molecular weight is 900 g/mol. The van der Waals surface area contributed by atoms with Crippen molar-refractivity contribution < 1.29 is 28.3 Å². The number of piperidine rings is 1. The van der Waals surface area contributed by atoms with Gasteiger partial charge in [0.05, 0.1) is 42.3 Å². The summed E-state index contributed by atoms with van der Waals surface area (Å²) in [6, 6.07) is 14.6. The number of carbonyl (C=O) groups is 4. The zero-order valence-corrected chi connectivity index (χ0v) is 37.8. The zero-order valence-electron chi connectivity index (χ0n) is 37.8. The third kappa shape index (κ3) is 8.25. The fourth-order valence-electron chi connectivity index (χ4n) is 9.76. The second-order valence-electron chi connectivity index (χ2n) is 17.7. The van der Waals surface area contributed by atoms with Crippen molar-refractivity contribution in [2.75, 3.05) is 71.9 Å². The topological polar surface area (TPSA) is 176 Å². The molecule has 18 heteroatoms. The second-order valence-corrected chi connectivity index (χ2v) is 17.7. The van der Waals surface area contributed by atoms with E-state index in [0.717, 1.165) is 55.1 Å². The van der Waals surface area contributed by atoms with Gasteiger partial charge in [0.15, 0.2) is 5.82 Å². The Hall–Kier alpha value is -7.08. The third-order valence-corrected chi connectivity index (χ3v) is 13.3. The first kappa shape index (κ1) is 44.1. The number of imide groups is 1. The van der Waals surface area contributed by atoms with Crippen molar-refractivity contribution in [3.05, 3.63) is 100 Å². The molecule has 9 rings (SSSR count). The van der Waals surface area contributed by atoms with E-state index in [1.54, 1.807) is 60.9 Å². The number of nitrogens with zero attached hydrogens (tertiary/aromatic N) is 9. The third-order valence-electron chi connectivity index (χ3n) is 13.3. The number of ether oxygens (including phenoxy) is 1. The molecule has 0 bridgehead atoms. The summed E-state index contributed by atoms with van der Waals surface area (Å²) in [6.07, 6.45) is 7.01. The number of carbonyl (C=O) groups excluding carboxylic acids is 4. The molecule has 4 amide bonds. The lowest BCUT2D eigenvalue weighted by Gasteiger charge is -2.36. The van der Waals surface area contributed by atoms with Gasteiger partial charge in [-0.25, -0.2) is 9.18 Å². The Morgan fingerprint density at radius 2 is 1.80 bits per heavy atom. The van der Waals surface area contributed by atoms with Crippen LogP contribution in [0.2, 0.25) is 0 Å². The Morgan fingerprint density at radius 1 is 1.00 bits per heavy atom. The molecule has 66 heavy (non-hydrogen) atoms. The monoisotopic (exact) mass is 899 g/mol. The predicted octanol–water partition coefficient (Wildman–Crippen LogP) is 4.22. The van der Waals surface area contributed by atoms with Crippen LogP contribution < -0.4 is 20.6 Å². The molecular weight excluding hydrogens is 846 g/mol. The molecular formula is C48H54FN11O6. The van der Waals surface area contributed by atoms with Gasteiger partial charge in [-0.1, -0.05) is 30.3 Å². The summed E-state index contributed by atoms with van der Waals surface area (Å²) in [6.45, 7) is 6.87. The number of methoxy groups -OCH3 is 1. The van der Waals surface area contributed by atoms with E-state index in [2.05, 4.69) is 30.4 Å². The van der Waals surface area contributed by atoms with Crippen molar-refractivity contribution >= 4 is 56.8 Å². The summed E-state index contributed by atoms with van der Waals surface area (Å²) in [7, 11) is 6.64. The van der Waals surface area contributed by atoms with Gasteiger partial charge in [0, 0.05) is 108 Å². The van der Waals surface area contributed by atoms with Crippen LogP contribution in [0.4, 0.5) is 10.1 Å². The summed E-state index contributed by atoms with van der Waals surface area (Å²) in [5.74, 6) is -1.39. The van der Waals surface area contributed by atoms with Gasteiger partial charge in [-0.3, -0.25) is 43.2 Å². The van der Waals surface area contributed by atoms with Crippen LogP contribution in [0.1, 0.15) is 53.8 Å². The second kappa shape index (κ2) is 18.1. The molecule has 0 aliphatic carbocycles. The first-order valence-corrected chi connectivity index (χ1v) is 22.4. The molecule has 2 saturated heterocycles. The first-order chi connectivity index (χ1) is 31.8. The minimum Gasteiger partial charge on any atom is -0.496 e. The van der Waals surface area contributed by atoms with E-state index in [-0.39, 0.29) is 59.9 Å². The highest BCUT2D eigenvalue weighted by Crippen LogP contribution is 2.42. The van der Waals surface area contributed by atoms with Gasteiger partial charge in [0.25, 0.3) is 5.91 Å². The molecule has 344 valence electrons. The van der Waals surface area contributed by atoms with Crippen LogP contribution >= 0.6 is 0 Å². The van der Waals surface area contributed by atoms with Crippen LogP contribution in [0, 0.1) is 11.7 Å². The summed E-state index contributed by atoms with van der Waals surface area (Å²) in [4.78, 5) is 75.9. The Balaban J connectivity index is 0.938. The Kier molecular flexibility index (Phi) is 12.1. The van der Waals surface area contributed by atoms with E-state index in [0.29, 0.717) is 59.3 Å². The van der Waals surface area contributed by atoms with Crippen molar-refractivity contribution in [3.63, 3.8) is 0 Å². The molecule has 3 aliphatic rings. The smallest absolute Gasteiger partial charge is 0.329 e. The minimum absolute atomic E-state index is 0.0559. The lowest BCUT2D eigenvalue weighted by molar-refractivity contribution is -0.136. The lowest BCUT2D eigenvalue weighted by Crippen LogP contribution is -2.47. The number of nitrogens with one attached hydrogen (secondary N) is 2. The molecule has 1 unspecified atom stereocenters. The lowest BCUT2D eigenvalue weighted by atomic mass is 9.92. The molecule has 6 aromatic rings. The quantitative estimate of drug-likeness (QED) is 0.169. The number of para-hydroxylation sites is 1. The Morgan fingerprint density at radius 3 is 2.53 bits per heavy atom. The minimum atomic E-state index is -0.736.